The molecule has 2 rings (SSSR count). The van der Waals surface area contributed by atoms with Gasteiger partial charge in [0.1, 0.15) is 11.4 Å². The Morgan fingerprint density at radius 1 is 1.50 bits per heavy atom. The number of cyclic esters (lactones) is 1. The Bertz CT molecular complexity index is 754. The molecule has 0 bridgehead atoms. The first-order chi connectivity index (χ1) is 13.0. The summed E-state index contributed by atoms with van der Waals surface area (Å²) in [5.74, 6) is -0.514. The van der Waals surface area contributed by atoms with Gasteiger partial charge in [0.15, 0.2) is 11.9 Å². The summed E-state index contributed by atoms with van der Waals surface area (Å²) in [6.45, 7) is 9.04. The first-order valence-electron chi connectivity index (χ1n) is 8.87. The third kappa shape index (κ3) is 5.39. The number of carbonyl (C=O) groups is 2. The maximum atomic E-state index is 14.8. The van der Waals surface area contributed by atoms with E-state index in [1.165, 1.54) is 6.07 Å². The Morgan fingerprint density at radius 3 is 2.71 bits per heavy atom. The third-order valence-corrected chi connectivity index (χ3v) is 4.06. The van der Waals surface area contributed by atoms with Gasteiger partial charge >= 0.3 is 12.2 Å². The van der Waals surface area contributed by atoms with Crippen LogP contribution >= 0.6 is 11.6 Å². The van der Waals surface area contributed by atoms with Crippen LogP contribution in [0.25, 0.3) is 0 Å². The molecule has 1 heterocycles. The van der Waals surface area contributed by atoms with Gasteiger partial charge in [-0.3, -0.25) is 5.43 Å². The van der Waals surface area contributed by atoms with Gasteiger partial charge in [-0.1, -0.05) is 11.6 Å². The summed E-state index contributed by atoms with van der Waals surface area (Å²) in [5.41, 5.74) is 5.10. The Hall–Kier alpha value is -2.26. The lowest BCUT2D eigenvalue weighted by atomic mass is 9.99. The molecular weight excluding hydrogens is 393 g/mol. The van der Waals surface area contributed by atoms with Gasteiger partial charge in [0, 0.05) is 5.56 Å². The zero-order valence-corrected chi connectivity index (χ0v) is 17.2. The van der Waals surface area contributed by atoms with Gasteiger partial charge in [0.25, 0.3) is 0 Å². The number of ether oxygens (including phenoxy) is 3. The third-order valence-electron chi connectivity index (χ3n) is 3.78. The molecule has 1 aliphatic heterocycles. The molecule has 156 valence electrons. The van der Waals surface area contributed by atoms with E-state index >= 15 is 0 Å². The summed E-state index contributed by atoms with van der Waals surface area (Å²) in [6.07, 6.45) is -2.19. The Labute approximate surface area is 168 Å². The lowest BCUT2D eigenvalue weighted by molar-refractivity contribution is 0.0488. The molecule has 1 fully saturated rings. The first-order valence-corrected chi connectivity index (χ1v) is 9.24. The largest absolute Gasteiger partial charge is 0.493 e. The monoisotopic (exact) mass is 417 g/mol. The number of hydrazine groups is 1. The molecule has 3 N–H and O–H groups in total. The van der Waals surface area contributed by atoms with E-state index in [-0.39, 0.29) is 29.5 Å². The van der Waals surface area contributed by atoms with E-state index in [0.717, 1.165) is 0 Å². The van der Waals surface area contributed by atoms with Crippen molar-refractivity contribution in [3.05, 3.63) is 28.0 Å². The smallest absolute Gasteiger partial charge is 0.422 e. The molecule has 2 amide bonds. The number of amides is 2. The number of hydrogen-bond acceptors (Lipinski definition) is 6. The maximum Gasteiger partial charge on any atom is 0.422 e. The Kier molecular flexibility index (Phi) is 6.95. The van der Waals surface area contributed by atoms with Crippen molar-refractivity contribution < 1.29 is 28.2 Å². The molecule has 2 atom stereocenters. The van der Waals surface area contributed by atoms with E-state index in [0.29, 0.717) is 5.56 Å². The zero-order valence-electron chi connectivity index (χ0n) is 16.4. The van der Waals surface area contributed by atoms with Crippen LogP contribution in [-0.2, 0) is 9.47 Å². The molecule has 1 aromatic rings. The van der Waals surface area contributed by atoms with Gasteiger partial charge in [-0.15, -0.1) is 0 Å². The number of nitrogens with one attached hydrogen (secondary N) is 3. The molecule has 0 radical (unpaired) electrons. The van der Waals surface area contributed by atoms with Crippen molar-refractivity contribution in [2.75, 3.05) is 13.2 Å². The topological polar surface area (TPSA) is 97.9 Å². The average Bonchev–Trinajstić information content (AvgIpc) is 3.00. The van der Waals surface area contributed by atoms with Crippen LogP contribution in [0.15, 0.2) is 6.07 Å². The van der Waals surface area contributed by atoms with Crippen molar-refractivity contribution in [3.63, 3.8) is 0 Å². The molecule has 1 saturated heterocycles. The molecule has 1 unspecified atom stereocenters. The highest BCUT2D eigenvalue weighted by Crippen LogP contribution is 2.40. The van der Waals surface area contributed by atoms with E-state index in [1.807, 2.05) is 0 Å². The van der Waals surface area contributed by atoms with Crippen LogP contribution in [0.3, 0.4) is 0 Å². The Balaban J connectivity index is 2.31. The maximum absolute atomic E-state index is 14.8. The van der Waals surface area contributed by atoms with Gasteiger partial charge in [-0.25, -0.2) is 19.4 Å². The molecule has 0 spiro atoms. The summed E-state index contributed by atoms with van der Waals surface area (Å²) in [4.78, 5) is 23.3. The normalized spacial score (nSPS) is 17.5. The summed E-state index contributed by atoms with van der Waals surface area (Å²) >= 11 is 6.07. The van der Waals surface area contributed by atoms with Gasteiger partial charge in [-0.05, 0) is 40.7 Å². The molecule has 1 aliphatic rings. The van der Waals surface area contributed by atoms with Crippen molar-refractivity contribution in [2.24, 2.45) is 0 Å². The average molecular weight is 418 g/mol. The lowest BCUT2D eigenvalue weighted by Crippen LogP contribution is -2.42. The number of halogens is 2. The number of alkyl carbamates (subject to hydrolysis) is 1. The fourth-order valence-electron chi connectivity index (χ4n) is 2.66. The number of rotatable bonds is 6. The van der Waals surface area contributed by atoms with Crippen LogP contribution in [0.2, 0.25) is 5.02 Å². The van der Waals surface area contributed by atoms with E-state index < -0.39 is 35.8 Å². The summed E-state index contributed by atoms with van der Waals surface area (Å²) in [5, 5.41) is 2.33. The molecule has 0 saturated carbocycles. The van der Waals surface area contributed by atoms with E-state index in [2.05, 4.69) is 16.2 Å². The number of carbonyl (C=O) groups excluding carboxylic acids is 2. The minimum atomic E-state index is -0.877. The van der Waals surface area contributed by atoms with Crippen molar-refractivity contribution >= 4 is 23.8 Å². The van der Waals surface area contributed by atoms with Crippen molar-refractivity contribution in [3.8, 4) is 5.75 Å². The zero-order chi connectivity index (χ0) is 21.1. The molecular formula is C18H25ClFN3O5. The summed E-state index contributed by atoms with van der Waals surface area (Å²) in [7, 11) is 0. The second kappa shape index (κ2) is 8.83. The fourth-order valence-corrected chi connectivity index (χ4v) is 2.88. The van der Waals surface area contributed by atoms with Crippen molar-refractivity contribution in [2.45, 2.75) is 52.4 Å². The molecule has 1 aromatic carbocycles. The first kappa shape index (κ1) is 22.0. The summed E-state index contributed by atoms with van der Waals surface area (Å²) in [6, 6.07) is 0.889. The van der Waals surface area contributed by atoms with Crippen LogP contribution in [0, 0.1) is 5.82 Å². The molecule has 28 heavy (non-hydrogen) atoms. The molecule has 0 aromatic heterocycles. The number of hydrogen-bond donors (Lipinski definition) is 3. The minimum Gasteiger partial charge on any atom is -0.493 e. The highest BCUT2D eigenvalue weighted by atomic mass is 35.5. The van der Waals surface area contributed by atoms with Crippen LogP contribution in [0.1, 0.15) is 57.9 Å². The van der Waals surface area contributed by atoms with Gasteiger partial charge < -0.3 is 19.5 Å². The van der Waals surface area contributed by atoms with Crippen molar-refractivity contribution in [1.29, 1.82) is 0 Å². The van der Waals surface area contributed by atoms with E-state index in [9.17, 15) is 14.0 Å². The summed E-state index contributed by atoms with van der Waals surface area (Å²) < 4.78 is 30.7. The van der Waals surface area contributed by atoms with Crippen LogP contribution in [0.4, 0.5) is 14.0 Å². The second-order valence-electron chi connectivity index (χ2n) is 7.21. The fraction of sp³-hybridized carbons (Fsp3) is 0.556. The van der Waals surface area contributed by atoms with E-state index in [1.54, 1.807) is 34.6 Å². The number of benzene rings is 1. The quantitative estimate of drug-likeness (QED) is 0.610. The highest BCUT2D eigenvalue weighted by Gasteiger charge is 2.33. The van der Waals surface area contributed by atoms with E-state index in [4.69, 9.17) is 25.8 Å². The molecule has 0 aliphatic carbocycles. The second-order valence-corrected chi connectivity index (χ2v) is 7.61. The predicted molar refractivity (Wildman–Crippen MR) is 101 cm³/mol. The van der Waals surface area contributed by atoms with Gasteiger partial charge in [-0.2, -0.15) is 0 Å². The minimum absolute atomic E-state index is 0.0496. The highest BCUT2D eigenvalue weighted by molar-refractivity contribution is 6.31. The predicted octanol–water partition coefficient (Wildman–Crippen LogP) is 3.75. The van der Waals surface area contributed by atoms with Crippen LogP contribution in [-0.4, -0.2) is 30.9 Å². The van der Waals surface area contributed by atoms with Gasteiger partial charge in [0.2, 0.25) is 0 Å². The molecule has 8 nitrogen and oxygen atoms in total. The van der Waals surface area contributed by atoms with Crippen LogP contribution in [0.5, 0.6) is 5.75 Å². The van der Waals surface area contributed by atoms with Crippen LogP contribution < -0.4 is 20.9 Å². The van der Waals surface area contributed by atoms with Gasteiger partial charge in [0.05, 0.1) is 29.8 Å². The SMILES string of the molecule is CCOc1c([C@@H](C)NNC(=O)OC(C)(C)C)cc(Cl)c(F)c1C1CNC(=O)O1. The van der Waals surface area contributed by atoms with Crippen molar-refractivity contribution in [1.82, 2.24) is 16.2 Å². The Morgan fingerprint density at radius 2 is 2.18 bits per heavy atom. The lowest BCUT2D eigenvalue weighted by Gasteiger charge is -2.24. The molecule has 10 heteroatoms. The standard InChI is InChI=1S/C18H25ClFN3O5/c1-6-26-15-10(9(2)22-23-17(25)28-18(3,4)5)7-11(19)14(20)13(15)12-8-21-16(24)27-12/h7,9,12,22H,6,8H2,1-5H3,(H,21,24)(H,23,25)/t9-,12?/m1/s1.